The number of imidazole rings is 1. The van der Waals surface area contributed by atoms with Gasteiger partial charge in [0.25, 0.3) is 0 Å². The molecule has 4 aliphatic carbocycles. The summed E-state index contributed by atoms with van der Waals surface area (Å²) in [6.07, 6.45) is 8.13. The molecule has 0 aliphatic heterocycles. The van der Waals surface area contributed by atoms with Crippen LogP contribution in [0.15, 0.2) is 16.6 Å². The summed E-state index contributed by atoms with van der Waals surface area (Å²) in [7, 11) is 0. The fourth-order valence-electron chi connectivity index (χ4n) is 5.66. The van der Waals surface area contributed by atoms with Gasteiger partial charge in [0.1, 0.15) is 11.6 Å². The lowest BCUT2D eigenvalue weighted by molar-refractivity contribution is -0.00886. The van der Waals surface area contributed by atoms with Gasteiger partial charge in [-0.25, -0.2) is 9.37 Å². The Labute approximate surface area is 131 Å². The summed E-state index contributed by atoms with van der Waals surface area (Å²) in [6, 6.07) is 3.36. The summed E-state index contributed by atoms with van der Waals surface area (Å²) in [4.78, 5) is 8.30. The number of rotatable bonds is 1. The molecule has 0 spiro atoms. The smallest absolute Gasteiger partial charge is 0.139 e. The van der Waals surface area contributed by atoms with Gasteiger partial charge in [0.15, 0.2) is 0 Å². The second-order valence-electron chi connectivity index (χ2n) is 7.57. The Kier molecular flexibility index (Phi) is 2.46. The number of aromatic nitrogens is 2. The molecule has 0 atom stereocenters. The van der Waals surface area contributed by atoms with E-state index in [9.17, 15) is 4.39 Å². The first-order chi connectivity index (χ1) is 10.1. The number of nitrogens with zero attached hydrogens (tertiary/aromatic N) is 1. The van der Waals surface area contributed by atoms with Gasteiger partial charge in [-0.1, -0.05) is 0 Å². The molecule has 4 heteroatoms. The average molecular weight is 349 g/mol. The molecule has 4 saturated carbocycles. The molecule has 110 valence electrons. The predicted octanol–water partition coefficient (Wildman–Crippen LogP) is 4.93. The molecule has 1 N–H and O–H groups in total. The number of aromatic amines is 1. The number of H-pyrrole nitrogens is 1. The molecule has 0 unspecified atom stereocenters. The molecule has 2 aromatic rings. The van der Waals surface area contributed by atoms with Crippen LogP contribution in [0.25, 0.3) is 11.0 Å². The van der Waals surface area contributed by atoms with Crippen molar-refractivity contribution in [3.05, 3.63) is 28.2 Å². The highest BCUT2D eigenvalue weighted by atomic mass is 79.9. The van der Waals surface area contributed by atoms with E-state index in [1.54, 1.807) is 12.1 Å². The first kappa shape index (κ1) is 12.6. The molecule has 0 amide bonds. The maximum absolute atomic E-state index is 13.7. The molecule has 4 bridgehead atoms. The van der Waals surface area contributed by atoms with Gasteiger partial charge in [-0.15, -0.1) is 0 Å². The molecule has 21 heavy (non-hydrogen) atoms. The molecule has 0 saturated heterocycles. The predicted molar refractivity (Wildman–Crippen MR) is 83.6 cm³/mol. The minimum Gasteiger partial charge on any atom is -0.341 e. The third kappa shape index (κ3) is 1.77. The maximum atomic E-state index is 13.7. The SMILES string of the molecule is Fc1cc2[nH]c(C34CC5CC(CC(C5)C3)C4)nc2cc1Br. The number of nitrogens with one attached hydrogen (secondary N) is 1. The summed E-state index contributed by atoms with van der Waals surface area (Å²) >= 11 is 3.26. The molecule has 6 rings (SSSR count). The number of benzene rings is 1. The number of hydrogen-bond donors (Lipinski definition) is 1. The van der Waals surface area contributed by atoms with Crippen LogP contribution in [0, 0.1) is 23.6 Å². The van der Waals surface area contributed by atoms with Crippen molar-refractivity contribution in [2.75, 3.05) is 0 Å². The Balaban J connectivity index is 1.63. The molecule has 2 nitrogen and oxygen atoms in total. The fourth-order valence-corrected chi connectivity index (χ4v) is 5.99. The Hall–Kier alpha value is -0.900. The molecule has 4 fully saturated rings. The molecular weight excluding hydrogens is 331 g/mol. The van der Waals surface area contributed by atoms with Crippen LogP contribution in [-0.4, -0.2) is 9.97 Å². The van der Waals surface area contributed by atoms with Crippen LogP contribution in [0.2, 0.25) is 0 Å². The average Bonchev–Trinajstić information content (AvgIpc) is 2.81. The molecule has 1 heterocycles. The van der Waals surface area contributed by atoms with E-state index in [1.807, 2.05) is 0 Å². The normalized spacial score (nSPS) is 37.5. The van der Waals surface area contributed by atoms with Gasteiger partial charge < -0.3 is 4.98 Å². The zero-order chi connectivity index (χ0) is 14.2. The lowest BCUT2D eigenvalue weighted by Crippen LogP contribution is -2.49. The molecule has 0 radical (unpaired) electrons. The van der Waals surface area contributed by atoms with Gasteiger partial charge in [-0.3, -0.25) is 0 Å². The van der Waals surface area contributed by atoms with Gasteiger partial charge in [0, 0.05) is 11.5 Å². The van der Waals surface area contributed by atoms with Crippen LogP contribution in [0.5, 0.6) is 0 Å². The first-order valence-electron chi connectivity index (χ1n) is 7.96. The van der Waals surface area contributed by atoms with Crippen LogP contribution in [0.3, 0.4) is 0 Å². The Morgan fingerprint density at radius 3 is 2.33 bits per heavy atom. The van der Waals surface area contributed by atoms with Crippen molar-refractivity contribution in [3.8, 4) is 0 Å². The van der Waals surface area contributed by atoms with E-state index in [-0.39, 0.29) is 11.2 Å². The number of fused-ring (bicyclic) bond motifs is 1. The van der Waals surface area contributed by atoms with Crippen LogP contribution in [0.1, 0.15) is 44.3 Å². The van der Waals surface area contributed by atoms with Gasteiger partial charge in [0.05, 0.1) is 15.5 Å². The van der Waals surface area contributed by atoms with E-state index >= 15 is 0 Å². The third-order valence-electron chi connectivity index (χ3n) is 6.06. The first-order valence-corrected chi connectivity index (χ1v) is 8.76. The number of halogens is 2. The summed E-state index contributed by atoms with van der Waals surface area (Å²) in [5, 5.41) is 0. The van der Waals surface area contributed by atoms with Crippen molar-refractivity contribution in [3.63, 3.8) is 0 Å². The summed E-state index contributed by atoms with van der Waals surface area (Å²) in [5.41, 5.74) is 1.96. The highest BCUT2D eigenvalue weighted by Crippen LogP contribution is 2.60. The quantitative estimate of drug-likeness (QED) is 0.777. The Morgan fingerprint density at radius 2 is 1.71 bits per heavy atom. The summed E-state index contributed by atoms with van der Waals surface area (Å²) in [5.74, 6) is 3.59. The number of hydrogen-bond acceptors (Lipinski definition) is 1. The van der Waals surface area contributed by atoms with E-state index in [2.05, 4.69) is 20.9 Å². The van der Waals surface area contributed by atoms with E-state index in [4.69, 9.17) is 4.98 Å². The third-order valence-corrected chi connectivity index (χ3v) is 6.67. The van der Waals surface area contributed by atoms with Gasteiger partial charge in [0.2, 0.25) is 0 Å². The van der Waals surface area contributed by atoms with Crippen molar-refractivity contribution < 1.29 is 4.39 Å². The largest absolute Gasteiger partial charge is 0.341 e. The van der Waals surface area contributed by atoms with Crippen molar-refractivity contribution in [1.29, 1.82) is 0 Å². The lowest BCUT2D eigenvalue weighted by Gasteiger charge is -2.55. The van der Waals surface area contributed by atoms with Gasteiger partial charge >= 0.3 is 0 Å². The minimum atomic E-state index is -0.219. The van der Waals surface area contributed by atoms with Crippen LogP contribution < -0.4 is 0 Å². The van der Waals surface area contributed by atoms with Crippen molar-refractivity contribution in [2.45, 2.75) is 43.9 Å². The Morgan fingerprint density at radius 1 is 1.10 bits per heavy atom. The van der Waals surface area contributed by atoms with Crippen molar-refractivity contribution >= 4 is 27.0 Å². The highest BCUT2D eigenvalue weighted by Gasteiger charge is 2.53. The van der Waals surface area contributed by atoms with Crippen LogP contribution in [0.4, 0.5) is 4.39 Å². The van der Waals surface area contributed by atoms with E-state index in [0.717, 1.165) is 34.6 Å². The lowest BCUT2D eigenvalue weighted by atomic mass is 9.49. The summed E-state index contributed by atoms with van der Waals surface area (Å²) in [6.45, 7) is 0. The van der Waals surface area contributed by atoms with E-state index in [0.29, 0.717) is 4.47 Å². The standard InChI is InChI=1S/C17H18BrFN2/c18-12-4-14-15(5-13(12)19)21-16(20-14)17-6-9-1-10(7-17)3-11(2-9)8-17/h4-5,9-11H,1-3,6-8H2,(H,20,21). The molecular formula is C17H18BrFN2. The zero-order valence-corrected chi connectivity index (χ0v) is 13.4. The highest BCUT2D eigenvalue weighted by molar-refractivity contribution is 9.10. The van der Waals surface area contributed by atoms with Crippen LogP contribution >= 0.6 is 15.9 Å². The van der Waals surface area contributed by atoms with Crippen molar-refractivity contribution in [2.24, 2.45) is 17.8 Å². The topological polar surface area (TPSA) is 28.7 Å². The van der Waals surface area contributed by atoms with E-state index < -0.39 is 0 Å². The second-order valence-corrected chi connectivity index (χ2v) is 8.42. The van der Waals surface area contributed by atoms with Gasteiger partial charge in [-0.2, -0.15) is 0 Å². The second kappa shape index (κ2) is 4.09. The minimum absolute atomic E-state index is 0.219. The summed E-state index contributed by atoms with van der Waals surface area (Å²) < 4.78 is 14.2. The van der Waals surface area contributed by atoms with E-state index in [1.165, 1.54) is 38.5 Å². The Bertz CT molecular complexity index is 661. The van der Waals surface area contributed by atoms with Crippen LogP contribution in [-0.2, 0) is 5.41 Å². The molecule has 4 aliphatic rings. The monoisotopic (exact) mass is 348 g/mol. The molecule has 1 aromatic heterocycles. The fraction of sp³-hybridized carbons (Fsp3) is 0.588. The van der Waals surface area contributed by atoms with Gasteiger partial charge in [-0.05, 0) is 78.3 Å². The molecule has 1 aromatic carbocycles. The van der Waals surface area contributed by atoms with Crippen molar-refractivity contribution in [1.82, 2.24) is 9.97 Å². The zero-order valence-electron chi connectivity index (χ0n) is 11.8. The maximum Gasteiger partial charge on any atom is 0.139 e.